The molecule has 382 valence electrons. The third-order valence-corrected chi connectivity index (χ3v) is 12.9. The number of carbonyl (C=O) groups excluding carboxylic acids is 1. The molecule has 0 aromatic heterocycles. The van der Waals surface area contributed by atoms with E-state index in [1.54, 1.807) is 0 Å². The highest BCUT2D eigenvalue weighted by Crippen LogP contribution is 2.23. The van der Waals surface area contributed by atoms with Crippen molar-refractivity contribution in [1.29, 1.82) is 0 Å². The predicted octanol–water partition coefficient (Wildman–Crippen LogP) is 10.3. The van der Waals surface area contributed by atoms with Crippen molar-refractivity contribution in [2.24, 2.45) is 0 Å². The molecule has 1 fully saturated rings. The first kappa shape index (κ1) is 61.3. The Morgan fingerprint density at radius 1 is 0.523 bits per heavy atom. The highest BCUT2D eigenvalue weighted by Gasteiger charge is 2.44. The van der Waals surface area contributed by atoms with Crippen molar-refractivity contribution in [1.82, 2.24) is 5.32 Å². The number of hydrogen-bond acceptors (Lipinski definition) is 10. The number of carbonyl (C=O) groups is 1. The third kappa shape index (κ3) is 32.7. The van der Waals surface area contributed by atoms with E-state index in [2.05, 4.69) is 55.6 Å². The molecule has 1 rings (SSSR count). The molecule has 9 unspecified atom stereocenters. The van der Waals surface area contributed by atoms with Crippen LogP contribution >= 0.6 is 0 Å². The lowest BCUT2D eigenvalue weighted by molar-refractivity contribution is -0.303. The molecule has 1 amide bonds. The van der Waals surface area contributed by atoms with Crippen LogP contribution in [0.25, 0.3) is 0 Å². The Bertz CT molecular complexity index is 1150. The van der Waals surface area contributed by atoms with Crippen LogP contribution in [0.3, 0.4) is 0 Å². The van der Waals surface area contributed by atoms with Gasteiger partial charge in [0, 0.05) is 0 Å². The highest BCUT2D eigenvalue weighted by atomic mass is 16.7. The van der Waals surface area contributed by atoms with Crippen LogP contribution in [0, 0.1) is 0 Å². The van der Waals surface area contributed by atoms with Crippen molar-refractivity contribution in [3.63, 3.8) is 0 Å². The van der Waals surface area contributed by atoms with Gasteiger partial charge in [0.1, 0.15) is 36.6 Å². The molecular weight excluding hydrogens is 823 g/mol. The molecule has 11 heteroatoms. The van der Waals surface area contributed by atoms with Crippen molar-refractivity contribution < 1.29 is 50.0 Å². The Balaban J connectivity index is 2.41. The summed E-state index contributed by atoms with van der Waals surface area (Å²) in [6, 6.07) is -1.19. The first-order valence-electron chi connectivity index (χ1n) is 26.9. The lowest BCUT2D eigenvalue weighted by Crippen LogP contribution is -2.60. The van der Waals surface area contributed by atoms with Gasteiger partial charge in [-0.1, -0.05) is 192 Å². The standard InChI is InChI=1S/C54H101NO10/c1-3-5-7-9-11-13-15-17-19-21-23-25-27-29-31-33-35-37-39-41-46(57)49(59)45(44-64-54-52(62)51(61)50(60)48(43-56)65-54)55-53(63)47(58)42-40-38-36-34-32-30-28-26-24-22-20-18-16-14-12-10-8-6-4-2/h24-27,33,35,45-52,54,56-62H,3-23,28-32,34,36-44H2,1-2H3,(H,55,63)/b26-24-,27-25+,35-33+. The van der Waals surface area contributed by atoms with Crippen LogP contribution in [-0.2, 0) is 14.3 Å². The van der Waals surface area contributed by atoms with E-state index in [1.165, 1.54) is 128 Å². The average molecular weight is 924 g/mol. The number of hydrogen-bond donors (Lipinski definition) is 8. The second-order valence-corrected chi connectivity index (χ2v) is 18.9. The van der Waals surface area contributed by atoms with Crippen LogP contribution in [0.4, 0.5) is 0 Å². The fourth-order valence-corrected chi connectivity index (χ4v) is 8.45. The fraction of sp³-hybridized carbons (Fsp3) is 0.870. The zero-order valence-electron chi connectivity index (χ0n) is 41.5. The lowest BCUT2D eigenvalue weighted by atomic mass is 9.98. The minimum absolute atomic E-state index is 0.244. The minimum Gasteiger partial charge on any atom is -0.394 e. The molecule has 1 saturated heterocycles. The van der Waals surface area contributed by atoms with Crippen molar-refractivity contribution in [3.05, 3.63) is 36.5 Å². The maximum Gasteiger partial charge on any atom is 0.249 e. The number of amides is 1. The molecule has 0 aliphatic carbocycles. The van der Waals surface area contributed by atoms with Crippen molar-refractivity contribution >= 4 is 5.91 Å². The largest absolute Gasteiger partial charge is 0.394 e. The Kier molecular flexibility index (Phi) is 41.1. The number of allylic oxidation sites excluding steroid dienone is 6. The molecule has 1 aliphatic rings. The van der Waals surface area contributed by atoms with E-state index in [1.807, 2.05) is 0 Å². The van der Waals surface area contributed by atoms with Crippen LogP contribution in [0.5, 0.6) is 0 Å². The fourth-order valence-electron chi connectivity index (χ4n) is 8.45. The molecule has 65 heavy (non-hydrogen) atoms. The van der Waals surface area contributed by atoms with Gasteiger partial charge in [0.15, 0.2) is 6.29 Å². The zero-order chi connectivity index (χ0) is 47.6. The van der Waals surface area contributed by atoms with Crippen LogP contribution in [0.15, 0.2) is 36.5 Å². The van der Waals surface area contributed by atoms with Gasteiger partial charge in [-0.3, -0.25) is 4.79 Å². The zero-order valence-corrected chi connectivity index (χ0v) is 41.5. The van der Waals surface area contributed by atoms with E-state index in [0.29, 0.717) is 19.3 Å². The monoisotopic (exact) mass is 924 g/mol. The first-order chi connectivity index (χ1) is 31.7. The number of nitrogens with one attached hydrogen (secondary N) is 1. The first-order valence-corrected chi connectivity index (χ1v) is 26.9. The van der Waals surface area contributed by atoms with Crippen molar-refractivity contribution in [2.45, 2.75) is 287 Å². The SMILES string of the molecule is CCCCCCCCCCC/C=C\CCCCCCCCC(O)C(=O)NC(COC1OC(CO)C(O)C(O)C1O)C(O)C(O)CCC/C=C/CC/C=C/CCCCCCCCCCCC. The molecule has 0 bridgehead atoms. The van der Waals surface area contributed by atoms with Gasteiger partial charge < -0.3 is 50.5 Å². The molecule has 0 spiro atoms. The Morgan fingerprint density at radius 3 is 1.37 bits per heavy atom. The number of aliphatic hydroxyl groups is 7. The summed E-state index contributed by atoms with van der Waals surface area (Å²) in [4.78, 5) is 13.1. The van der Waals surface area contributed by atoms with E-state index in [-0.39, 0.29) is 12.8 Å². The predicted molar refractivity (Wildman–Crippen MR) is 265 cm³/mol. The molecule has 1 aliphatic heterocycles. The van der Waals surface area contributed by atoms with Gasteiger partial charge in [0.25, 0.3) is 0 Å². The maximum atomic E-state index is 13.1. The normalized spacial score (nSPS) is 21.2. The van der Waals surface area contributed by atoms with Crippen LogP contribution in [-0.4, -0.2) is 110 Å². The summed E-state index contributed by atoms with van der Waals surface area (Å²) < 4.78 is 11.1. The van der Waals surface area contributed by atoms with Gasteiger partial charge in [-0.25, -0.2) is 0 Å². The maximum absolute atomic E-state index is 13.1. The molecule has 0 aromatic carbocycles. The van der Waals surface area contributed by atoms with Gasteiger partial charge in [-0.2, -0.15) is 0 Å². The summed E-state index contributed by atoms with van der Waals surface area (Å²) in [5.41, 5.74) is 0. The topological polar surface area (TPSA) is 189 Å². The minimum atomic E-state index is -1.67. The van der Waals surface area contributed by atoms with Crippen molar-refractivity contribution in [2.75, 3.05) is 13.2 Å². The van der Waals surface area contributed by atoms with E-state index in [9.17, 15) is 40.5 Å². The molecule has 0 aromatic rings. The molecular formula is C54H101NO10. The van der Waals surface area contributed by atoms with Gasteiger partial charge in [-0.15, -0.1) is 0 Å². The van der Waals surface area contributed by atoms with Gasteiger partial charge in [0.2, 0.25) is 5.91 Å². The third-order valence-electron chi connectivity index (χ3n) is 12.9. The summed E-state index contributed by atoms with van der Waals surface area (Å²) >= 11 is 0. The quantitative estimate of drug-likeness (QED) is 0.0216. The van der Waals surface area contributed by atoms with E-state index >= 15 is 0 Å². The Labute approximate surface area is 397 Å². The highest BCUT2D eigenvalue weighted by molar-refractivity contribution is 5.80. The van der Waals surface area contributed by atoms with Crippen LogP contribution < -0.4 is 5.32 Å². The number of rotatable bonds is 45. The molecule has 8 N–H and O–H groups in total. The summed E-state index contributed by atoms with van der Waals surface area (Å²) in [7, 11) is 0. The summed E-state index contributed by atoms with van der Waals surface area (Å²) in [5, 5.41) is 75.9. The van der Waals surface area contributed by atoms with E-state index < -0.39 is 74.2 Å². The Hall–Kier alpha value is -1.67. The molecule has 11 nitrogen and oxygen atoms in total. The second kappa shape index (κ2) is 43.6. The number of unbranched alkanes of at least 4 members (excludes halogenated alkanes) is 27. The van der Waals surface area contributed by atoms with Gasteiger partial charge >= 0.3 is 0 Å². The smallest absolute Gasteiger partial charge is 0.249 e. The Morgan fingerprint density at radius 2 is 0.923 bits per heavy atom. The summed E-state index contributed by atoms with van der Waals surface area (Å²) in [5.74, 6) is -0.715. The van der Waals surface area contributed by atoms with Gasteiger partial charge in [0.05, 0.1) is 25.4 Å². The number of ether oxygens (including phenoxy) is 2. The van der Waals surface area contributed by atoms with Crippen LogP contribution in [0.1, 0.15) is 232 Å². The molecule has 0 saturated carbocycles. The molecule has 0 radical (unpaired) electrons. The lowest BCUT2D eigenvalue weighted by Gasteiger charge is -2.40. The van der Waals surface area contributed by atoms with Gasteiger partial charge in [-0.05, 0) is 77.0 Å². The molecule has 9 atom stereocenters. The van der Waals surface area contributed by atoms with E-state index in [4.69, 9.17) is 9.47 Å². The average Bonchev–Trinajstić information content (AvgIpc) is 3.31. The van der Waals surface area contributed by atoms with Crippen molar-refractivity contribution in [3.8, 4) is 0 Å². The molecule has 1 heterocycles. The number of aliphatic hydroxyl groups excluding tert-OH is 7. The summed E-state index contributed by atoms with van der Waals surface area (Å²) in [6.45, 7) is 3.44. The van der Waals surface area contributed by atoms with Crippen LogP contribution in [0.2, 0.25) is 0 Å². The summed E-state index contributed by atoms with van der Waals surface area (Å²) in [6.07, 6.45) is 40.5. The second-order valence-electron chi connectivity index (χ2n) is 18.9. The van der Waals surface area contributed by atoms with E-state index in [0.717, 1.165) is 57.8 Å².